The molecule has 2 heterocycles. The van der Waals surface area contributed by atoms with Gasteiger partial charge in [0.2, 0.25) is 0 Å². The Hall–Kier alpha value is -2.31. The van der Waals surface area contributed by atoms with Crippen LogP contribution >= 0.6 is 11.3 Å². The van der Waals surface area contributed by atoms with Gasteiger partial charge in [0.15, 0.2) is 0 Å². The Morgan fingerprint density at radius 2 is 2.17 bits per heavy atom. The van der Waals surface area contributed by atoms with Crippen molar-refractivity contribution in [3.05, 3.63) is 64.5 Å². The third-order valence-corrected chi connectivity index (χ3v) is 4.61. The van der Waals surface area contributed by atoms with E-state index in [2.05, 4.69) is 10.3 Å². The van der Waals surface area contributed by atoms with Gasteiger partial charge in [-0.25, -0.2) is 4.39 Å². The summed E-state index contributed by atoms with van der Waals surface area (Å²) < 4.78 is 20.0. The van der Waals surface area contributed by atoms with Crippen LogP contribution < -0.4 is 5.32 Å². The predicted octanol–water partition coefficient (Wildman–Crippen LogP) is 3.51. The van der Waals surface area contributed by atoms with Crippen molar-refractivity contribution in [1.29, 1.82) is 0 Å². The number of carbonyl (C=O) groups excluding carboxylic acids is 1. The van der Waals surface area contributed by atoms with E-state index in [1.807, 2.05) is 18.2 Å². The number of hydrogen-bond acceptors (Lipinski definition) is 4. The van der Waals surface area contributed by atoms with Gasteiger partial charge in [-0.05, 0) is 24.3 Å². The minimum Gasteiger partial charge on any atom is -0.380 e. The maximum Gasteiger partial charge on any atom is 0.262 e. The van der Waals surface area contributed by atoms with Crippen LogP contribution in [-0.4, -0.2) is 18.0 Å². The normalized spacial score (nSPS) is 10.9. The number of thiophene rings is 1. The number of fused-ring (bicyclic) bond motifs is 1. The first-order valence-corrected chi connectivity index (χ1v) is 7.89. The number of methoxy groups -OCH3 is 1. The van der Waals surface area contributed by atoms with E-state index in [1.54, 1.807) is 18.3 Å². The van der Waals surface area contributed by atoms with Crippen molar-refractivity contribution in [1.82, 2.24) is 10.3 Å². The van der Waals surface area contributed by atoms with E-state index in [9.17, 15) is 9.18 Å². The Morgan fingerprint density at radius 1 is 1.30 bits per heavy atom. The second-order valence-corrected chi connectivity index (χ2v) is 6.01. The van der Waals surface area contributed by atoms with Crippen LogP contribution in [0.25, 0.3) is 10.1 Å². The van der Waals surface area contributed by atoms with Crippen molar-refractivity contribution in [2.24, 2.45) is 0 Å². The fourth-order valence-corrected chi connectivity index (χ4v) is 3.52. The van der Waals surface area contributed by atoms with Crippen LogP contribution in [0, 0.1) is 5.82 Å². The van der Waals surface area contributed by atoms with Gasteiger partial charge in [0.05, 0.1) is 23.7 Å². The Kier molecular flexibility index (Phi) is 4.64. The SMILES string of the molecule is COCc1c(C(=O)NCc2ccccn2)sc2cccc(F)c12. The van der Waals surface area contributed by atoms with Gasteiger partial charge in [-0.2, -0.15) is 0 Å². The number of carbonyl (C=O) groups is 1. The van der Waals surface area contributed by atoms with Gasteiger partial charge in [-0.3, -0.25) is 9.78 Å². The van der Waals surface area contributed by atoms with Crippen LogP contribution in [0.2, 0.25) is 0 Å². The number of hydrogen-bond donors (Lipinski definition) is 1. The van der Waals surface area contributed by atoms with Crippen molar-refractivity contribution in [2.45, 2.75) is 13.2 Å². The van der Waals surface area contributed by atoms with Crippen LogP contribution in [-0.2, 0) is 17.9 Å². The summed E-state index contributed by atoms with van der Waals surface area (Å²) in [5.41, 5.74) is 1.35. The number of pyridine rings is 1. The zero-order valence-corrected chi connectivity index (χ0v) is 13.3. The van der Waals surface area contributed by atoms with Crippen LogP contribution in [0.3, 0.4) is 0 Å². The molecular weight excluding hydrogens is 315 g/mol. The van der Waals surface area contributed by atoms with Crippen molar-refractivity contribution >= 4 is 27.3 Å². The van der Waals surface area contributed by atoms with Gasteiger partial charge in [-0.1, -0.05) is 12.1 Å². The molecule has 23 heavy (non-hydrogen) atoms. The number of rotatable bonds is 5. The summed E-state index contributed by atoms with van der Waals surface area (Å²) in [5.74, 6) is -0.585. The third kappa shape index (κ3) is 3.23. The average Bonchev–Trinajstić information content (AvgIpc) is 2.94. The second-order valence-electron chi connectivity index (χ2n) is 4.96. The molecule has 0 saturated heterocycles. The highest BCUT2D eigenvalue weighted by Crippen LogP contribution is 2.33. The van der Waals surface area contributed by atoms with E-state index >= 15 is 0 Å². The largest absolute Gasteiger partial charge is 0.380 e. The van der Waals surface area contributed by atoms with Gasteiger partial charge >= 0.3 is 0 Å². The molecule has 2 aromatic heterocycles. The smallest absolute Gasteiger partial charge is 0.262 e. The molecule has 0 saturated carbocycles. The molecule has 0 aliphatic carbocycles. The molecule has 0 unspecified atom stereocenters. The number of amides is 1. The zero-order valence-electron chi connectivity index (χ0n) is 12.5. The third-order valence-electron chi connectivity index (χ3n) is 3.41. The molecule has 0 bridgehead atoms. The van der Waals surface area contributed by atoms with Crippen molar-refractivity contribution in [2.75, 3.05) is 7.11 Å². The molecular formula is C17H15FN2O2S. The van der Waals surface area contributed by atoms with Gasteiger partial charge in [0.25, 0.3) is 5.91 Å². The highest BCUT2D eigenvalue weighted by atomic mass is 32.1. The summed E-state index contributed by atoms with van der Waals surface area (Å²) in [6.07, 6.45) is 1.67. The lowest BCUT2D eigenvalue weighted by Crippen LogP contribution is -2.23. The molecule has 0 fully saturated rings. The first-order valence-electron chi connectivity index (χ1n) is 7.07. The quantitative estimate of drug-likeness (QED) is 0.779. The molecule has 0 aliphatic heterocycles. The minimum atomic E-state index is -0.338. The van der Waals surface area contributed by atoms with Gasteiger partial charge in [0.1, 0.15) is 5.82 Å². The highest BCUT2D eigenvalue weighted by Gasteiger charge is 2.20. The first kappa shape index (κ1) is 15.6. The van der Waals surface area contributed by atoms with Crippen molar-refractivity contribution < 1.29 is 13.9 Å². The molecule has 118 valence electrons. The van der Waals surface area contributed by atoms with E-state index < -0.39 is 0 Å². The lowest BCUT2D eigenvalue weighted by molar-refractivity contribution is 0.0950. The zero-order chi connectivity index (χ0) is 16.2. The van der Waals surface area contributed by atoms with E-state index in [4.69, 9.17) is 4.74 Å². The fraction of sp³-hybridized carbons (Fsp3) is 0.176. The highest BCUT2D eigenvalue weighted by molar-refractivity contribution is 7.21. The number of nitrogens with zero attached hydrogens (tertiary/aromatic N) is 1. The van der Waals surface area contributed by atoms with Crippen molar-refractivity contribution in [3.8, 4) is 0 Å². The molecule has 0 atom stereocenters. The summed E-state index contributed by atoms with van der Waals surface area (Å²) >= 11 is 1.27. The van der Waals surface area contributed by atoms with Crippen LogP contribution in [0.4, 0.5) is 4.39 Å². The van der Waals surface area contributed by atoms with Crippen LogP contribution in [0.5, 0.6) is 0 Å². The summed E-state index contributed by atoms with van der Waals surface area (Å²) in [7, 11) is 1.53. The topological polar surface area (TPSA) is 51.2 Å². The molecule has 4 nitrogen and oxygen atoms in total. The molecule has 0 aliphatic rings. The lowest BCUT2D eigenvalue weighted by atomic mass is 10.1. The number of benzene rings is 1. The number of nitrogens with one attached hydrogen (secondary N) is 1. The molecule has 0 radical (unpaired) electrons. The van der Waals surface area contributed by atoms with Crippen LogP contribution in [0.15, 0.2) is 42.6 Å². The molecule has 3 rings (SSSR count). The Morgan fingerprint density at radius 3 is 2.91 bits per heavy atom. The first-order chi connectivity index (χ1) is 11.2. The van der Waals surface area contributed by atoms with Crippen molar-refractivity contribution in [3.63, 3.8) is 0 Å². The Balaban J connectivity index is 1.90. The summed E-state index contributed by atoms with van der Waals surface area (Å²) in [5, 5.41) is 3.29. The van der Waals surface area contributed by atoms with Gasteiger partial charge < -0.3 is 10.1 Å². The molecule has 1 N–H and O–H groups in total. The summed E-state index contributed by atoms with van der Waals surface area (Å²) in [6, 6.07) is 10.3. The Bertz CT molecular complexity index is 833. The number of aromatic nitrogens is 1. The average molecular weight is 330 g/mol. The molecule has 3 aromatic rings. The maximum atomic E-state index is 14.1. The maximum absolute atomic E-state index is 14.1. The number of ether oxygens (including phenoxy) is 1. The molecule has 1 aromatic carbocycles. The van der Waals surface area contributed by atoms with E-state index in [0.717, 1.165) is 10.4 Å². The van der Waals surface area contributed by atoms with Gasteiger partial charge in [-0.15, -0.1) is 11.3 Å². The summed E-state index contributed by atoms with van der Waals surface area (Å²) in [6.45, 7) is 0.510. The molecule has 0 spiro atoms. The molecule has 1 amide bonds. The lowest BCUT2D eigenvalue weighted by Gasteiger charge is -2.06. The molecule has 6 heteroatoms. The second kappa shape index (κ2) is 6.85. The minimum absolute atomic E-state index is 0.188. The Labute approximate surface area is 136 Å². The summed E-state index contributed by atoms with van der Waals surface area (Å²) in [4.78, 5) is 17.1. The number of halogens is 1. The van der Waals surface area contributed by atoms with Gasteiger partial charge in [0, 0.05) is 29.0 Å². The van der Waals surface area contributed by atoms with E-state index in [-0.39, 0.29) is 18.3 Å². The monoisotopic (exact) mass is 330 g/mol. The van der Waals surface area contributed by atoms with E-state index in [1.165, 1.54) is 24.5 Å². The standard InChI is InChI=1S/C17H15FN2O2S/c1-22-10-12-15-13(18)6-4-7-14(15)23-16(12)17(21)20-9-11-5-2-3-8-19-11/h2-8H,9-10H2,1H3,(H,20,21). The fourth-order valence-electron chi connectivity index (χ4n) is 2.39. The van der Waals surface area contributed by atoms with Crippen LogP contribution in [0.1, 0.15) is 20.9 Å². The van der Waals surface area contributed by atoms with E-state index in [0.29, 0.717) is 22.4 Å². The predicted molar refractivity (Wildman–Crippen MR) is 87.9 cm³/mol.